The van der Waals surface area contributed by atoms with Crippen molar-refractivity contribution in [3.05, 3.63) is 72.9 Å². The summed E-state index contributed by atoms with van der Waals surface area (Å²) in [7, 11) is -4.77. The molecule has 0 saturated carbocycles. The highest BCUT2D eigenvalue weighted by molar-refractivity contribution is 7.47. The number of phosphoric acid groups is 1. The van der Waals surface area contributed by atoms with E-state index < -0.39 is 57.8 Å². The zero-order valence-corrected chi connectivity index (χ0v) is 45.4. The molecule has 2 N–H and O–H groups in total. The fourth-order valence-corrected chi connectivity index (χ4v) is 8.21. The standard InChI is InChI=1S/C58H101O11P/c1-4-7-10-13-16-19-21-23-25-26-27-28-30-32-34-37-40-43-46-49-58(62)69-55(51-65-56(60)47-44-41-38-35-18-15-12-9-6-3)53-67-70(63,64)66-52-54(50-59)68-57(61)48-45-42-39-36-33-31-29-24-22-20-17-14-11-8-5-2/h8,11,17,20,23-25,29,33,36,42,45,54-55,59H,4-7,9-10,12-16,18-19,21-22,26-28,30-32,34-35,37-41,43-44,46-53H2,1-3H3,(H,63,64)/b11-8-,20-17-,25-23-,29-24-,36-33-,45-42-. The smallest absolute Gasteiger partial charge is 0.462 e. The van der Waals surface area contributed by atoms with Crippen LogP contribution in [0.25, 0.3) is 0 Å². The number of hydrogen-bond donors (Lipinski definition) is 2. The lowest BCUT2D eigenvalue weighted by atomic mass is 10.1. The second-order valence-corrected chi connectivity index (χ2v) is 19.8. The van der Waals surface area contributed by atoms with Crippen LogP contribution in [0.4, 0.5) is 0 Å². The van der Waals surface area contributed by atoms with Gasteiger partial charge in [0.15, 0.2) is 6.10 Å². The van der Waals surface area contributed by atoms with E-state index >= 15 is 0 Å². The van der Waals surface area contributed by atoms with Crippen molar-refractivity contribution in [1.82, 2.24) is 0 Å². The molecule has 0 heterocycles. The summed E-state index contributed by atoms with van der Waals surface area (Å²) in [5, 5.41) is 9.77. The lowest BCUT2D eigenvalue weighted by Gasteiger charge is -2.21. The first-order chi connectivity index (χ1) is 34.2. The van der Waals surface area contributed by atoms with Crippen molar-refractivity contribution < 1.29 is 52.2 Å². The number of ether oxygens (including phenoxy) is 3. The molecule has 3 atom stereocenters. The lowest BCUT2D eigenvalue weighted by molar-refractivity contribution is -0.161. The first-order valence-corrected chi connectivity index (χ1v) is 29.3. The van der Waals surface area contributed by atoms with Gasteiger partial charge in [0.1, 0.15) is 12.7 Å². The van der Waals surface area contributed by atoms with Crippen LogP contribution in [-0.2, 0) is 42.2 Å². The van der Waals surface area contributed by atoms with Crippen LogP contribution in [0.15, 0.2) is 72.9 Å². The van der Waals surface area contributed by atoms with E-state index in [1.807, 2.05) is 18.2 Å². The maximum absolute atomic E-state index is 12.9. The Labute approximate surface area is 427 Å². The molecule has 11 nitrogen and oxygen atoms in total. The summed E-state index contributed by atoms with van der Waals surface area (Å²) in [5.74, 6) is -1.60. The van der Waals surface area contributed by atoms with E-state index in [4.69, 9.17) is 23.3 Å². The largest absolute Gasteiger partial charge is 0.472 e. The van der Waals surface area contributed by atoms with Gasteiger partial charge >= 0.3 is 25.7 Å². The average molecular weight is 1010 g/mol. The van der Waals surface area contributed by atoms with Gasteiger partial charge in [0.05, 0.1) is 26.2 Å². The Morgan fingerprint density at radius 1 is 0.429 bits per heavy atom. The van der Waals surface area contributed by atoms with Crippen LogP contribution >= 0.6 is 7.82 Å². The molecule has 0 saturated heterocycles. The number of carbonyl (C=O) groups is 3. The van der Waals surface area contributed by atoms with Gasteiger partial charge in [0.25, 0.3) is 0 Å². The van der Waals surface area contributed by atoms with E-state index in [9.17, 15) is 28.9 Å². The maximum Gasteiger partial charge on any atom is 0.472 e. The topological polar surface area (TPSA) is 155 Å². The van der Waals surface area contributed by atoms with Crippen LogP contribution in [0, 0.1) is 0 Å². The number of rotatable bonds is 51. The summed E-state index contributed by atoms with van der Waals surface area (Å²) in [6.45, 7) is 4.40. The van der Waals surface area contributed by atoms with Gasteiger partial charge in [0.2, 0.25) is 0 Å². The molecule has 3 unspecified atom stereocenters. The average Bonchev–Trinajstić information content (AvgIpc) is 3.35. The Bertz CT molecular complexity index is 1450. The van der Waals surface area contributed by atoms with Crippen LogP contribution < -0.4 is 0 Å². The van der Waals surface area contributed by atoms with Crippen LogP contribution in [-0.4, -0.2) is 66.5 Å². The lowest BCUT2D eigenvalue weighted by Crippen LogP contribution is -2.30. The SMILES string of the molecule is CC/C=C\C/C=C\C/C=C\C/C=C\C/C=C\CC(=O)OC(CO)COP(=O)(O)OCC(COC(=O)CCCCCCCCCCC)OC(=O)CCCCCCCCCCC/C=C\CCCCCCCC. The monoisotopic (exact) mass is 1000 g/mol. The summed E-state index contributed by atoms with van der Waals surface area (Å²) in [6.07, 6.45) is 57.6. The summed E-state index contributed by atoms with van der Waals surface area (Å²) >= 11 is 0. The van der Waals surface area contributed by atoms with Crippen molar-refractivity contribution in [2.24, 2.45) is 0 Å². The fourth-order valence-electron chi connectivity index (χ4n) is 7.43. The highest BCUT2D eigenvalue weighted by atomic mass is 31.2. The first kappa shape index (κ1) is 66.9. The number of phosphoric ester groups is 1. The number of aliphatic hydroxyl groups excluding tert-OH is 1. The molecule has 0 aromatic heterocycles. The molecule has 70 heavy (non-hydrogen) atoms. The van der Waals surface area contributed by atoms with Crippen LogP contribution in [0.5, 0.6) is 0 Å². The molecule has 0 amide bonds. The summed E-state index contributed by atoms with van der Waals surface area (Å²) in [4.78, 5) is 48.3. The number of aliphatic hydroxyl groups is 1. The highest BCUT2D eigenvalue weighted by Gasteiger charge is 2.28. The molecule has 0 aliphatic rings. The van der Waals surface area contributed by atoms with E-state index in [0.717, 1.165) is 64.2 Å². The molecule has 0 spiro atoms. The van der Waals surface area contributed by atoms with Gasteiger partial charge in [-0.15, -0.1) is 0 Å². The summed E-state index contributed by atoms with van der Waals surface area (Å²) in [6, 6.07) is 0. The third-order valence-corrected chi connectivity index (χ3v) is 12.6. The van der Waals surface area contributed by atoms with E-state index in [2.05, 4.69) is 69.4 Å². The van der Waals surface area contributed by atoms with Crippen molar-refractivity contribution in [2.45, 2.75) is 251 Å². The minimum absolute atomic E-state index is 0.0555. The third kappa shape index (κ3) is 49.9. The van der Waals surface area contributed by atoms with E-state index in [1.54, 1.807) is 6.08 Å². The normalized spacial score (nSPS) is 14.0. The number of carbonyl (C=O) groups excluding carboxylic acids is 3. The fraction of sp³-hybridized carbons (Fsp3) is 0.741. The van der Waals surface area contributed by atoms with Crippen molar-refractivity contribution >= 4 is 25.7 Å². The minimum Gasteiger partial charge on any atom is -0.462 e. The van der Waals surface area contributed by atoms with E-state index in [1.165, 1.54) is 116 Å². The molecule has 404 valence electrons. The van der Waals surface area contributed by atoms with Crippen LogP contribution in [0.1, 0.15) is 239 Å². The molecular weight excluding hydrogens is 904 g/mol. The number of unbranched alkanes of at least 4 members (excludes halogenated alkanes) is 23. The summed E-state index contributed by atoms with van der Waals surface area (Å²) in [5.41, 5.74) is 0. The molecule has 0 aromatic rings. The number of hydrogen-bond acceptors (Lipinski definition) is 10. The molecular formula is C58H101O11P. The first-order valence-electron chi connectivity index (χ1n) is 27.8. The molecule has 0 aromatic carbocycles. The van der Waals surface area contributed by atoms with Gasteiger partial charge in [0, 0.05) is 12.8 Å². The Kier molecular flexibility index (Phi) is 50.0. The predicted molar refractivity (Wildman–Crippen MR) is 288 cm³/mol. The predicted octanol–water partition coefficient (Wildman–Crippen LogP) is 16.1. The van der Waals surface area contributed by atoms with Crippen molar-refractivity contribution in [2.75, 3.05) is 26.4 Å². The molecule has 0 radical (unpaired) electrons. The Morgan fingerprint density at radius 2 is 0.800 bits per heavy atom. The third-order valence-electron chi connectivity index (χ3n) is 11.6. The van der Waals surface area contributed by atoms with E-state index in [-0.39, 0.29) is 25.9 Å². The van der Waals surface area contributed by atoms with Crippen molar-refractivity contribution in [1.29, 1.82) is 0 Å². The number of esters is 3. The van der Waals surface area contributed by atoms with Crippen LogP contribution in [0.3, 0.4) is 0 Å². The maximum atomic E-state index is 12.9. The van der Waals surface area contributed by atoms with E-state index in [0.29, 0.717) is 19.3 Å². The zero-order chi connectivity index (χ0) is 51.3. The van der Waals surface area contributed by atoms with Gasteiger partial charge < -0.3 is 24.2 Å². The Balaban J connectivity index is 4.72. The quantitative estimate of drug-likeness (QED) is 0.0197. The van der Waals surface area contributed by atoms with Crippen molar-refractivity contribution in [3.8, 4) is 0 Å². The Morgan fingerprint density at radius 3 is 1.24 bits per heavy atom. The zero-order valence-electron chi connectivity index (χ0n) is 44.5. The molecule has 0 aliphatic heterocycles. The molecule has 0 aliphatic carbocycles. The molecule has 0 fully saturated rings. The van der Waals surface area contributed by atoms with Gasteiger partial charge in [-0.2, -0.15) is 0 Å². The Hall–Kier alpha value is -3.08. The van der Waals surface area contributed by atoms with Gasteiger partial charge in [-0.05, 0) is 70.6 Å². The molecule has 0 bridgehead atoms. The van der Waals surface area contributed by atoms with Crippen LogP contribution in [0.2, 0.25) is 0 Å². The van der Waals surface area contributed by atoms with Gasteiger partial charge in [-0.25, -0.2) is 4.57 Å². The summed E-state index contributed by atoms with van der Waals surface area (Å²) < 4.78 is 39.3. The minimum atomic E-state index is -4.77. The highest BCUT2D eigenvalue weighted by Crippen LogP contribution is 2.43. The molecule has 0 rings (SSSR count). The second-order valence-electron chi connectivity index (χ2n) is 18.4. The van der Waals surface area contributed by atoms with Gasteiger partial charge in [-0.3, -0.25) is 23.4 Å². The van der Waals surface area contributed by atoms with Crippen molar-refractivity contribution in [3.63, 3.8) is 0 Å². The second kappa shape index (κ2) is 52.2. The number of allylic oxidation sites excluding steroid dienone is 11. The molecule has 12 heteroatoms. The van der Waals surface area contributed by atoms with Gasteiger partial charge in [-0.1, -0.05) is 222 Å².